The quantitative estimate of drug-likeness (QED) is 0.863. The molecule has 0 amide bonds. The Labute approximate surface area is 121 Å². The van der Waals surface area contributed by atoms with E-state index in [1.807, 2.05) is 13.8 Å². The van der Waals surface area contributed by atoms with Gasteiger partial charge in [0.05, 0.1) is 10.7 Å². The number of hydrogen-bond acceptors (Lipinski definition) is 3. The number of rotatable bonds is 4. The smallest absolute Gasteiger partial charge is 0.311 e. The molecule has 2 fully saturated rings. The fraction of sp³-hybridized carbons (Fsp3) is 0.929. The van der Waals surface area contributed by atoms with Crippen LogP contribution in [0.25, 0.3) is 0 Å². The van der Waals surface area contributed by atoms with Crippen LogP contribution in [0.5, 0.6) is 0 Å². The van der Waals surface area contributed by atoms with E-state index in [-0.39, 0.29) is 17.7 Å². The van der Waals surface area contributed by atoms with E-state index in [1.54, 1.807) is 0 Å². The van der Waals surface area contributed by atoms with Crippen LogP contribution in [-0.2, 0) is 14.8 Å². The third-order valence-electron chi connectivity index (χ3n) is 5.13. The third kappa shape index (κ3) is 2.60. The van der Waals surface area contributed by atoms with Gasteiger partial charge < -0.3 is 5.11 Å². The zero-order chi connectivity index (χ0) is 15.0. The standard InChI is InChI=1S/C14H25NO4S/c1-11(2)14(13(16)17)8-9-15(10-14)20(18,19)12-6-4-3-5-7-12/h11-12H,3-10H2,1-2H3,(H,16,17). The maximum atomic E-state index is 12.7. The first kappa shape index (κ1) is 15.8. The molecular weight excluding hydrogens is 278 g/mol. The zero-order valence-corrected chi connectivity index (χ0v) is 13.2. The second-order valence-electron chi connectivity index (χ2n) is 6.50. The molecule has 20 heavy (non-hydrogen) atoms. The number of carboxylic acids is 1. The van der Waals surface area contributed by atoms with Gasteiger partial charge in [0.25, 0.3) is 0 Å². The van der Waals surface area contributed by atoms with E-state index in [0.29, 0.717) is 13.0 Å². The minimum Gasteiger partial charge on any atom is -0.481 e. The van der Waals surface area contributed by atoms with Gasteiger partial charge in [-0.1, -0.05) is 33.1 Å². The maximum Gasteiger partial charge on any atom is 0.311 e. The fourth-order valence-electron chi connectivity index (χ4n) is 3.48. The zero-order valence-electron chi connectivity index (χ0n) is 12.3. The maximum absolute atomic E-state index is 12.7. The minimum absolute atomic E-state index is 0.0634. The molecule has 1 saturated carbocycles. The van der Waals surface area contributed by atoms with Crippen molar-refractivity contribution in [1.82, 2.24) is 4.31 Å². The Morgan fingerprint density at radius 3 is 2.30 bits per heavy atom. The molecule has 116 valence electrons. The number of nitrogens with zero attached hydrogens (tertiary/aromatic N) is 1. The lowest BCUT2D eigenvalue weighted by Crippen LogP contribution is -2.43. The summed E-state index contributed by atoms with van der Waals surface area (Å²) in [7, 11) is -3.33. The highest BCUT2D eigenvalue weighted by Gasteiger charge is 2.51. The summed E-state index contributed by atoms with van der Waals surface area (Å²) in [6.07, 6.45) is 4.90. The van der Waals surface area contributed by atoms with Gasteiger partial charge in [0, 0.05) is 13.1 Å². The van der Waals surface area contributed by atoms with Gasteiger partial charge in [-0.3, -0.25) is 4.79 Å². The monoisotopic (exact) mass is 303 g/mol. The van der Waals surface area contributed by atoms with Crippen LogP contribution in [-0.4, -0.2) is 42.1 Å². The van der Waals surface area contributed by atoms with E-state index in [0.717, 1.165) is 32.1 Å². The summed E-state index contributed by atoms with van der Waals surface area (Å²) in [5, 5.41) is 9.21. The van der Waals surface area contributed by atoms with Crippen LogP contribution in [0.3, 0.4) is 0 Å². The van der Waals surface area contributed by atoms with Crippen LogP contribution < -0.4 is 0 Å². The van der Waals surface area contributed by atoms with Crippen molar-refractivity contribution in [3.8, 4) is 0 Å². The Bertz CT molecular complexity index is 468. The van der Waals surface area contributed by atoms with E-state index in [4.69, 9.17) is 0 Å². The summed E-state index contributed by atoms with van der Waals surface area (Å²) in [4.78, 5) is 11.6. The van der Waals surface area contributed by atoms with Crippen LogP contribution in [0.2, 0.25) is 0 Å². The second-order valence-corrected chi connectivity index (χ2v) is 8.72. The summed E-state index contributed by atoms with van der Waals surface area (Å²) in [6, 6.07) is 0. The van der Waals surface area contributed by atoms with Crippen molar-refractivity contribution in [2.75, 3.05) is 13.1 Å². The molecule has 0 aromatic rings. The number of hydrogen-bond donors (Lipinski definition) is 1. The Hall–Kier alpha value is -0.620. The number of aliphatic carboxylic acids is 1. The highest BCUT2D eigenvalue weighted by atomic mass is 32.2. The second kappa shape index (κ2) is 5.64. The number of carboxylic acid groups (broad SMARTS) is 1. The normalized spacial score (nSPS) is 29.9. The molecule has 0 radical (unpaired) electrons. The molecule has 1 heterocycles. The van der Waals surface area contributed by atoms with Crippen LogP contribution >= 0.6 is 0 Å². The molecular formula is C14H25NO4S. The van der Waals surface area contributed by atoms with Crippen molar-refractivity contribution in [2.45, 2.75) is 57.6 Å². The molecule has 0 bridgehead atoms. The molecule has 1 saturated heterocycles. The van der Waals surface area contributed by atoms with Gasteiger partial charge in [-0.25, -0.2) is 12.7 Å². The summed E-state index contributed by atoms with van der Waals surface area (Å²) >= 11 is 0. The van der Waals surface area contributed by atoms with Crippen molar-refractivity contribution < 1.29 is 18.3 Å². The summed E-state index contributed by atoms with van der Waals surface area (Å²) < 4.78 is 26.7. The Morgan fingerprint density at radius 1 is 1.25 bits per heavy atom. The first-order valence-corrected chi connectivity index (χ1v) is 9.03. The van der Waals surface area contributed by atoms with E-state index >= 15 is 0 Å². The molecule has 1 atom stereocenters. The molecule has 1 aliphatic carbocycles. The summed E-state index contributed by atoms with van der Waals surface area (Å²) in [5.41, 5.74) is -0.915. The van der Waals surface area contributed by atoms with Gasteiger partial charge in [0.15, 0.2) is 0 Å². The first-order valence-electron chi connectivity index (χ1n) is 7.53. The van der Waals surface area contributed by atoms with E-state index < -0.39 is 21.4 Å². The lowest BCUT2D eigenvalue weighted by atomic mass is 9.77. The van der Waals surface area contributed by atoms with E-state index in [9.17, 15) is 18.3 Å². The highest BCUT2D eigenvalue weighted by molar-refractivity contribution is 7.89. The van der Waals surface area contributed by atoms with Crippen LogP contribution in [0.15, 0.2) is 0 Å². The predicted octanol–water partition coefficient (Wildman–Crippen LogP) is 2.08. The summed E-state index contributed by atoms with van der Waals surface area (Å²) in [5.74, 6) is -0.930. The van der Waals surface area contributed by atoms with E-state index in [1.165, 1.54) is 4.31 Å². The number of carbonyl (C=O) groups is 1. The minimum atomic E-state index is -3.33. The molecule has 2 aliphatic rings. The Balaban J connectivity index is 2.17. The van der Waals surface area contributed by atoms with Gasteiger partial charge >= 0.3 is 5.97 Å². The molecule has 0 spiro atoms. The van der Waals surface area contributed by atoms with Crippen molar-refractivity contribution >= 4 is 16.0 Å². The molecule has 1 N–H and O–H groups in total. The molecule has 1 aliphatic heterocycles. The van der Waals surface area contributed by atoms with E-state index in [2.05, 4.69) is 0 Å². The van der Waals surface area contributed by atoms with Crippen LogP contribution in [0.4, 0.5) is 0 Å². The SMILES string of the molecule is CC(C)C1(C(=O)O)CCN(S(=O)(=O)C2CCCCC2)C1. The average molecular weight is 303 g/mol. The lowest BCUT2D eigenvalue weighted by Gasteiger charge is -2.30. The Morgan fingerprint density at radius 2 is 1.85 bits per heavy atom. The van der Waals surface area contributed by atoms with Crippen LogP contribution in [0.1, 0.15) is 52.4 Å². The largest absolute Gasteiger partial charge is 0.481 e. The van der Waals surface area contributed by atoms with Gasteiger partial charge in [-0.2, -0.15) is 0 Å². The van der Waals surface area contributed by atoms with Gasteiger partial charge in [0.1, 0.15) is 0 Å². The molecule has 0 aromatic heterocycles. The average Bonchev–Trinajstić information content (AvgIpc) is 2.87. The predicted molar refractivity (Wildman–Crippen MR) is 76.9 cm³/mol. The van der Waals surface area contributed by atoms with Crippen molar-refractivity contribution in [3.05, 3.63) is 0 Å². The number of sulfonamides is 1. The molecule has 5 nitrogen and oxygen atoms in total. The third-order valence-corrected chi connectivity index (χ3v) is 7.48. The molecule has 1 unspecified atom stereocenters. The topological polar surface area (TPSA) is 74.7 Å². The lowest BCUT2D eigenvalue weighted by molar-refractivity contribution is -0.150. The fourth-order valence-corrected chi connectivity index (χ4v) is 5.59. The first-order chi connectivity index (χ1) is 9.30. The molecule has 0 aromatic carbocycles. The van der Waals surface area contributed by atoms with Crippen molar-refractivity contribution in [2.24, 2.45) is 11.3 Å². The highest BCUT2D eigenvalue weighted by Crippen LogP contribution is 2.40. The van der Waals surface area contributed by atoms with Gasteiger partial charge in [-0.05, 0) is 25.2 Å². The summed E-state index contributed by atoms with van der Waals surface area (Å²) in [6.45, 7) is 4.22. The van der Waals surface area contributed by atoms with Crippen molar-refractivity contribution in [3.63, 3.8) is 0 Å². The molecule has 6 heteroatoms. The van der Waals surface area contributed by atoms with Gasteiger partial charge in [0.2, 0.25) is 10.0 Å². The van der Waals surface area contributed by atoms with Crippen molar-refractivity contribution in [1.29, 1.82) is 0 Å². The Kier molecular flexibility index (Phi) is 4.44. The van der Waals surface area contributed by atoms with Gasteiger partial charge in [-0.15, -0.1) is 0 Å². The van der Waals surface area contributed by atoms with Crippen LogP contribution in [0, 0.1) is 11.3 Å². The molecule has 2 rings (SSSR count).